The van der Waals surface area contributed by atoms with Crippen LogP contribution in [0.1, 0.15) is 25.8 Å². The second-order valence-corrected chi connectivity index (χ2v) is 5.71. The molecule has 0 saturated carbocycles. The molecule has 5 heteroatoms. The van der Waals surface area contributed by atoms with Gasteiger partial charge in [-0.25, -0.2) is 4.98 Å². The zero-order valence-electron chi connectivity index (χ0n) is 12.5. The lowest BCUT2D eigenvalue weighted by atomic mass is 9.84. The molecule has 112 valence electrons. The van der Waals surface area contributed by atoms with Gasteiger partial charge in [-0.1, -0.05) is 6.92 Å². The normalized spacial score (nSPS) is 21.4. The number of nitrogens with two attached hydrogens (primary N) is 2. The standard InChI is InChI=1S/C15H26N4O/c1-3-15(2,19-6-8-20-9-7-19)13(16)10-12-4-5-18-14(17)11-12/h4-5,11,13H,3,6-10,16H2,1-2H3,(H2,17,18). The van der Waals surface area contributed by atoms with Gasteiger partial charge in [-0.05, 0) is 37.5 Å². The van der Waals surface area contributed by atoms with Gasteiger partial charge in [-0.3, -0.25) is 4.90 Å². The summed E-state index contributed by atoms with van der Waals surface area (Å²) < 4.78 is 5.45. The molecule has 1 fully saturated rings. The van der Waals surface area contributed by atoms with Crippen LogP contribution >= 0.6 is 0 Å². The van der Waals surface area contributed by atoms with Crippen molar-refractivity contribution in [3.63, 3.8) is 0 Å². The Balaban J connectivity index is 2.09. The van der Waals surface area contributed by atoms with E-state index in [1.54, 1.807) is 6.20 Å². The number of nitrogens with zero attached hydrogens (tertiary/aromatic N) is 2. The second kappa shape index (κ2) is 6.52. The first kappa shape index (κ1) is 15.2. The molecule has 1 aliphatic heterocycles. The summed E-state index contributed by atoms with van der Waals surface area (Å²) in [5.74, 6) is 0.555. The molecule has 1 saturated heterocycles. The molecular formula is C15H26N4O. The van der Waals surface area contributed by atoms with Crippen molar-refractivity contribution >= 4 is 5.82 Å². The number of hydrogen-bond donors (Lipinski definition) is 2. The van der Waals surface area contributed by atoms with E-state index < -0.39 is 0 Å². The van der Waals surface area contributed by atoms with E-state index in [9.17, 15) is 0 Å². The molecule has 2 atom stereocenters. The molecule has 2 rings (SSSR count). The van der Waals surface area contributed by atoms with Crippen molar-refractivity contribution in [2.24, 2.45) is 5.73 Å². The van der Waals surface area contributed by atoms with Crippen LogP contribution in [-0.2, 0) is 11.2 Å². The number of hydrogen-bond acceptors (Lipinski definition) is 5. The van der Waals surface area contributed by atoms with Crippen molar-refractivity contribution in [1.29, 1.82) is 0 Å². The fraction of sp³-hybridized carbons (Fsp3) is 0.667. The number of nitrogen functional groups attached to an aromatic ring is 1. The van der Waals surface area contributed by atoms with E-state index >= 15 is 0 Å². The smallest absolute Gasteiger partial charge is 0.123 e. The van der Waals surface area contributed by atoms with Gasteiger partial charge in [0, 0.05) is 30.9 Å². The minimum atomic E-state index is -0.0121. The maximum Gasteiger partial charge on any atom is 0.123 e. The summed E-state index contributed by atoms with van der Waals surface area (Å²) in [6.45, 7) is 7.96. The average molecular weight is 278 g/mol. The van der Waals surface area contributed by atoms with Gasteiger partial charge in [0.2, 0.25) is 0 Å². The van der Waals surface area contributed by atoms with Gasteiger partial charge >= 0.3 is 0 Å². The molecule has 0 amide bonds. The van der Waals surface area contributed by atoms with E-state index in [1.165, 1.54) is 0 Å². The van der Waals surface area contributed by atoms with Crippen LogP contribution in [0.5, 0.6) is 0 Å². The van der Waals surface area contributed by atoms with Crippen LogP contribution in [0.3, 0.4) is 0 Å². The first-order valence-corrected chi connectivity index (χ1v) is 7.35. The Labute approximate surface area is 121 Å². The third-order valence-electron chi connectivity index (χ3n) is 4.55. The highest BCUT2D eigenvalue weighted by molar-refractivity contribution is 5.32. The summed E-state index contributed by atoms with van der Waals surface area (Å²) in [5.41, 5.74) is 13.4. The first-order valence-electron chi connectivity index (χ1n) is 7.35. The lowest BCUT2D eigenvalue weighted by molar-refractivity contribution is -0.0272. The molecule has 0 radical (unpaired) electrons. The Hall–Kier alpha value is -1.17. The van der Waals surface area contributed by atoms with E-state index in [1.807, 2.05) is 12.1 Å². The van der Waals surface area contributed by atoms with Gasteiger partial charge in [-0.15, -0.1) is 0 Å². The predicted octanol–water partition coefficient (Wildman–Crippen LogP) is 1.03. The van der Waals surface area contributed by atoms with Gasteiger partial charge in [0.15, 0.2) is 0 Å². The van der Waals surface area contributed by atoms with Crippen LogP contribution in [0.15, 0.2) is 18.3 Å². The summed E-state index contributed by atoms with van der Waals surface area (Å²) in [6, 6.07) is 3.97. The van der Waals surface area contributed by atoms with Crippen molar-refractivity contribution < 1.29 is 4.74 Å². The Kier molecular flexibility index (Phi) is 4.96. The molecule has 0 spiro atoms. The highest BCUT2D eigenvalue weighted by Crippen LogP contribution is 2.26. The minimum Gasteiger partial charge on any atom is -0.384 e. The van der Waals surface area contributed by atoms with Crippen molar-refractivity contribution in [3.05, 3.63) is 23.9 Å². The number of ether oxygens (including phenoxy) is 1. The molecular weight excluding hydrogens is 252 g/mol. The molecule has 4 N–H and O–H groups in total. The van der Waals surface area contributed by atoms with Crippen LogP contribution in [0.2, 0.25) is 0 Å². The maximum atomic E-state index is 6.53. The quantitative estimate of drug-likeness (QED) is 0.841. The third kappa shape index (κ3) is 3.29. The summed E-state index contributed by atoms with van der Waals surface area (Å²) >= 11 is 0. The van der Waals surface area contributed by atoms with E-state index in [-0.39, 0.29) is 11.6 Å². The van der Waals surface area contributed by atoms with Gasteiger partial charge in [0.05, 0.1) is 13.2 Å². The Bertz CT molecular complexity index is 434. The monoisotopic (exact) mass is 278 g/mol. The zero-order chi connectivity index (χ0) is 14.6. The van der Waals surface area contributed by atoms with Gasteiger partial charge < -0.3 is 16.2 Å². The molecule has 1 aromatic heterocycles. The topological polar surface area (TPSA) is 77.4 Å². The number of morpholine rings is 1. The molecule has 2 heterocycles. The van der Waals surface area contributed by atoms with Crippen LogP contribution in [0.4, 0.5) is 5.82 Å². The van der Waals surface area contributed by atoms with E-state index in [0.717, 1.165) is 44.7 Å². The lowest BCUT2D eigenvalue weighted by Crippen LogP contribution is -2.61. The SMILES string of the molecule is CCC(C)(C(N)Cc1ccnc(N)c1)N1CCOCC1. The van der Waals surface area contributed by atoms with Crippen LogP contribution in [-0.4, -0.2) is 47.8 Å². The molecule has 2 unspecified atom stereocenters. The summed E-state index contributed by atoms with van der Waals surface area (Å²) in [7, 11) is 0. The maximum absolute atomic E-state index is 6.53. The van der Waals surface area contributed by atoms with Crippen molar-refractivity contribution in [3.8, 4) is 0 Å². The van der Waals surface area contributed by atoms with E-state index in [0.29, 0.717) is 5.82 Å². The number of aromatic nitrogens is 1. The number of anilines is 1. The van der Waals surface area contributed by atoms with Crippen LogP contribution in [0, 0.1) is 0 Å². The summed E-state index contributed by atoms with van der Waals surface area (Å²) in [4.78, 5) is 6.49. The summed E-state index contributed by atoms with van der Waals surface area (Å²) in [6.07, 6.45) is 3.58. The molecule has 1 aromatic rings. The van der Waals surface area contributed by atoms with Gasteiger partial charge in [0.25, 0.3) is 0 Å². The van der Waals surface area contributed by atoms with E-state index in [4.69, 9.17) is 16.2 Å². The second-order valence-electron chi connectivity index (χ2n) is 5.71. The Morgan fingerprint density at radius 2 is 2.15 bits per heavy atom. The van der Waals surface area contributed by atoms with E-state index in [2.05, 4.69) is 23.7 Å². The predicted molar refractivity (Wildman–Crippen MR) is 81.4 cm³/mol. The molecule has 5 nitrogen and oxygen atoms in total. The third-order valence-corrected chi connectivity index (χ3v) is 4.55. The fourth-order valence-corrected chi connectivity index (χ4v) is 2.89. The fourth-order valence-electron chi connectivity index (χ4n) is 2.89. The van der Waals surface area contributed by atoms with Crippen molar-refractivity contribution in [2.45, 2.75) is 38.3 Å². The molecule has 0 aliphatic carbocycles. The molecule has 0 bridgehead atoms. The highest BCUT2D eigenvalue weighted by atomic mass is 16.5. The zero-order valence-corrected chi connectivity index (χ0v) is 12.5. The minimum absolute atomic E-state index is 0.0121. The van der Waals surface area contributed by atoms with Crippen LogP contribution < -0.4 is 11.5 Å². The molecule has 0 aromatic carbocycles. The summed E-state index contributed by atoms with van der Waals surface area (Å²) in [5, 5.41) is 0. The highest BCUT2D eigenvalue weighted by Gasteiger charge is 2.36. The average Bonchev–Trinajstić information content (AvgIpc) is 2.47. The number of pyridine rings is 1. The number of rotatable bonds is 5. The van der Waals surface area contributed by atoms with Crippen molar-refractivity contribution in [2.75, 3.05) is 32.0 Å². The largest absolute Gasteiger partial charge is 0.384 e. The Morgan fingerprint density at radius 1 is 1.45 bits per heavy atom. The van der Waals surface area contributed by atoms with Crippen molar-refractivity contribution in [1.82, 2.24) is 9.88 Å². The molecule has 20 heavy (non-hydrogen) atoms. The molecule has 1 aliphatic rings. The van der Waals surface area contributed by atoms with Gasteiger partial charge in [0.1, 0.15) is 5.82 Å². The first-order chi connectivity index (χ1) is 9.56. The Morgan fingerprint density at radius 3 is 2.75 bits per heavy atom. The van der Waals surface area contributed by atoms with Crippen LogP contribution in [0.25, 0.3) is 0 Å². The lowest BCUT2D eigenvalue weighted by Gasteiger charge is -2.46. The van der Waals surface area contributed by atoms with Gasteiger partial charge in [-0.2, -0.15) is 0 Å².